The zero-order chi connectivity index (χ0) is 30.9. The van der Waals surface area contributed by atoms with E-state index in [1.54, 1.807) is 27.7 Å². The number of amidine groups is 1. The number of esters is 1. The maximum Gasteiger partial charge on any atom is 0.410 e. The molecule has 7 nitrogen and oxygen atoms in total. The topological polar surface area (TPSA) is 80.2 Å². The number of piperidine rings is 1. The number of halogens is 6. The Morgan fingerprint density at radius 2 is 1.67 bits per heavy atom. The second-order valence-electron chi connectivity index (χ2n) is 10.8. The van der Waals surface area contributed by atoms with Gasteiger partial charge in [0, 0.05) is 42.4 Å². The second kappa shape index (κ2) is 12.3. The summed E-state index contributed by atoms with van der Waals surface area (Å²) in [6, 6.07) is 1.34. The first-order valence-electron chi connectivity index (χ1n) is 13.2. The number of likely N-dealkylation sites (tertiary alicyclic amines) is 1. The third-order valence-corrected chi connectivity index (χ3v) is 7.11. The standard InChI is InChI=1S/C29H29ClF5N3O4/c1-5-41-27(39)21-24(14-8-10-38(11-9-14)28(40)42-29(2,3)4)36-26(20-18(33)12-15(31)13-19(20)34)37-25(21)16-6-7-17(32)23(35)22(16)30/h6-7,12-14,25H,5,8-11H2,1-4H3,(H,36,37). The zero-order valence-corrected chi connectivity index (χ0v) is 24.1. The van der Waals surface area contributed by atoms with Crippen molar-refractivity contribution in [2.24, 2.45) is 10.9 Å². The van der Waals surface area contributed by atoms with Crippen molar-refractivity contribution in [3.63, 3.8) is 0 Å². The number of carbonyl (C=O) groups is 2. The summed E-state index contributed by atoms with van der Waals surface area (Å²) in [5, 5.41) is 2.15. The third kappa shape index (κ3) is 6.53. The molecule has 1 atom stereocenters. The number of aliphatic imine (C=N–C) groups is 1. The van der Waals surface area contributed by atoms with Gasteiger partial charge in [-0.3, -0.25) is 4.99 Å². The van der Waals surface area contributed by atoms with Crippen LogP contribution in [0.2, 0.25) is 5.02 Å². The molecule has 0 saturated carbocycles. The first-order chi connectivity index (χ1) is 19.7. The van der Waals surface area contributed by atoms with Gasteiger partial charge in [-0.25, -0.2) is 31.5 Å². The van der Waals surface area contributed by atoms with Crippen molar-refractivity contribution in [2.45, 2.75) is 52.2 Å². The van der Waals surface area contributed by atoms with Crippen LogP contribution in [0.4, 0.5) is 26.7 Å². The average molecular weight is 614 g/mol. The van der Waals surface area contributed by atoms with Gasteiger partial charge in [0.2, 0.25) is 0 Å². The predicted molar refractivity (Wildman–Crippen MR) is 144 cm³/mol. The molecule has 1 unspecified atom stereocenters. The number of nitrogens with zero attached hydrogens (tertiary/aromatic N) is 2. The van der Waals surface area contributed by atoms with Crippen molar-refractivity contribution in [1.29, 1.82) is 0 Å². The minimum absolute atomic E-state index is 0.0529. The van der Waals surface area contributed by atoms with Crippen LogP contribution < -0.4 is 5.32 Å². The summed E-state index contributed by atoms with van der Waals surface area (Å²) in [4.78, 5) is 31.8. The minimum Gasteiger partial charge on any atom is -0.463 e. The highest BCUT2D eigenvalue weighted by Crippen LogP contribution is 2.41. The fourth-order valence-electron chi connectivity index (χ4n) is 4.87. The number of hydrogen-bond acceptors (Lipinski definition) is 6. The molecular weight excluding hydrogens is 585 g/mol. The first kappa shape index (κ1) is 31.3. The summed E-state index contributed by atoms with van der Waals surface area (Å²) in [5.74, 6) is -8.20. The molecule has 0 radical (unpaired) electrons. The fourth-order valence-corrected chi connectivity index (χ4v) is 5.13. The Bertz CT molecular complexity index is 1440. The molecule has 13 heteroatoms. The van der Waals surface area contributed by atoms with Gasteiger partial charge in [-0.1, -0.05) is 17.7 Å². The summed E-state index contributed by atoms with van der Waals surface area (Å²) >= 11 is 6.16. The SMILES string of the molecule is CCOC(=O)C1=C(C2CCN(C(=O)OC(C)(C)C)CC2)NC(c2c(F)cc(F)cc2F)=NC1c1ccc(F)c(F)c1Cl. The molecular formula is C29H29ClF5N3O4. The van der Waals surface area contributed by atoms with Crippen molar-refractivity contribution in [3.05, 3.63) is 80.8 Å². The Hall–Kier alpha value is -3.67. The van der Waals surface area contributed by atoms with E-state index in [4.69, 9.17) is 21.1 Å². The molecule has 42 heavy (non-hydrogen) atoms. The molecule has 0 bridgehead atoms. The van der Waals surface area contributed by atoms with Gasteiger partial charge in [-0.05, 0) is 46.6 Å². The second-order valence-corrected chi connectivity index (χ2v) is 11.2. The zero-order valence-electron chi connectivity index (χ0n) is 23.3. The Labute approximate surface area is 244 Å². The summed E-state index contributed by atoms with van der Waals surface area (Å²) in [6.45, 7) is 7.13. The molecule has 2 aromatic rings. The molecule has 2 aromatic carbocycles. The number of benzene rings is 2. The van der Waals surface area contributed by atoms with E-state index in [9.17, 15) is 31.5 Å². The van der Waals surface area contributed by atoms with Crippen LogP contribution in [0, 0.1) is 35.0 Å². The number of ether oxygens (including phenoxy) is 2. The van der Waals surface area contributed by atoms with E-state index in [1.807, 2.05) is 0 Å². The number of hydrogen-bond donors (Lipinski definition) is 1. The van der Waals surface area contributed by atoms with Gasteiger partial charge in [0.1, 0.15) is 34.9 Å². The van der Waals surface area contributed by atoms with E-state index in [2.05, 4.69) is 10.3 Å². The molecule has 0 aliphatic carbocycles. The highest BCUT2D eigenvalue weighted by Gasteiger charge is 2.39. The van der Waals surface area contributed by atoms with Crippen LogP contribution in [0.25, 0.3) is 0 Å². The lowest BCUT2D eigenvalue weighted by atomic mass is 9.85. The first-order valence-corrected chi connectivity index (χ1v) is 13.6. The molecule has 1 N–H and O–H groups in total. The van der Waals surface area contributed by atoms with E-state index >= 15 is 0 Å². The van der Waals surface area contributed by atoms with Crippen LogP contribution in [0.3, 0.4) is 0 Å². The van der Waals surface area contributed by atoms with Crippen molar-refractivity contribution < 1.29 is 41.0 Å². The van der Waals surface area contributed by atoms with E-state index in [-0.39, 0.29) is 49.4 Å². The van der Waals surface area contributed by atoms with E-state index in [0.717, 1.165) is 12.1 Å². The molecule has 0 aromatic heterocycles. The van der Waals surface area contributed by atoms with Crippen molar-refractivity contribution >= 4 is 29.5 Å². The van der Waals surface area contributed by atoms with Gasteiger partial charge >= 0.3 is 12.1 Å². The fraction of sp³-hybridized carbons (Fsp3) is 0.414. The lowest BCUT2D eigenvalue weighted by Gasteiger charge is -2.37. The molecule has 226 valence electrons. The summed E-state index contributed by atoms with van der Waals surface area (Å²) in [6.07, 6.45) is 0.0377. The quantitative estimate of drug-likeness (QED) is 0.234. The Morgan fingerprint density at radius 1 is 1.05 bits per heavy atom. The maximum atomic E-state index is 14.9. The van der Waals surface area contributed by atoms with Crippen LogP contribution in [-0.2, 0) is 14.3 Å². The van der Waals surface area contributed by atoms with Crippen LogP contribution >= 0.6 is 11.6 Å². The van der Waals surface area contributed by atoms with Gasteiger partial charge in [0.15, 0.2) is 11.6 Å². The van der Waals surface area contributed by atoms with Crippen LogP contribution in [0.15, 0.2) is 40.5 Å². The predicted octanol–water partition coefficient (Wildman–Crippen LogP) is 6.59. The monoisotopic (exact) mass is 613 g/mol. The minimum atomic E-state index is -1.48. The smallest absolute Gasteiger partial charge is 0.410 e. The molecule has 4 rings (SSSR count). The van der Waals surface area contributed by atoms with Gasteiger partial charge in [0.25, 0.3) is 0 Å². The maximum absolute atomic E-state index is 14.9. The number of allylic oxidation sites excluding steroid dienone is 1. The largest absolute Gasteiger partial charge is 0.463 e. The highest BCUT2D eigenvalue weighted by molar-refractivity contribution is 6.31. The normalized spacial score (nSPS) is 18.0. The lowest BCUT2D eigenvalue weighted by Crippen LogP contribution is -2.45. The van der Waals surface area contributed by atoms with Crippen LogP contribution in [0.1, 0.15) is 57.7 Å². The molecule has 1 amide bonds. The lowest BCUT2D eigenvalue weighted by molar-refractivity contribution is -0.139. The van der Waals surface area contributed by atoms with Crippen LogP contribution in [-0.4, -0.2) is 48.1 Å². The van der Waals surface area contributed by atoms with Crippen molar-refractivity contribution in [3.8, 4) is 0 Å². The Morgan fingerprint density at radius 3 is 2.24 bits per heavy atom. The Kier molecular flexibility index (Phi) is 9.15. The molecule has 2 aliphatic rings. The van der Waals surface area contributed by atoms with Crippen molar-refractivity contribution in [1.82, 2.24) is 10.2 Å². The summed E-state index contributed by atoms with van der Waals surface area (Å²) in [7, 11) is 0. The molecule has 2 heterocycles. The number of amides is 1. The van der Waals surface area contributed by atoms with E-state index < -0.39 is 75.1 Å². The van der Waals surface area contributed by atoms with Crippen molar-refractivity contribution in [2.75, 3.05) is 19.7 Å². The number of carbonyl (C=O) groups excluding carboxylic acids is 2. The number of nitrogens with one attached hydrogen (secondary N) is 1. The van der Waals surface area contributed by atoms with Crippen LogP contribution in [0.5, 0.6) is 0 Å². The Balaban J connectivity index is 1.84. The number of rotatable bonds is 5. The van der Waals surface area contributed by atoms with Gasteiger partial charge in [-0.2, -0.15) is 0 Å². The van der Waals surface area contributed by atoms with E-state index in [1.165, 1.54) is 4.90 Å². The van der Waals surface area contributed by atoms with Gasteiger partial charge in [0.05, 0.1) is 22.8 Å². The van der Waals surface area contributed by atoms with Gasteiger partial charge in [-0.15, -0.1) is 0 Å². The molecule has 1 saturated heterocycles. The molecule has 0 spiro atoms. The molecule has 2 aliphatic heterocycles. The van der Waals surface area contributed by atoms with E-state index in [0.29, 0.717) is 12.1 Å². The summed E-state index contributed by atoms with van der Waals surface area (Å²) < 4.78 is 82.9. The summed E-state index contributed by atoms with van der Waals surface area (Å²) in [5.41, 5.74) is -1.59. The van der Waals surface area contributed by atoms with Gasteiger partial charge < -0.3 is 19.7 Å². The highest BCUT2D eigenvalue weighted by atomic mass is 35.5. The average Bonchev–Trinajstić information content (AvgIpc) is 2.90. The third-order valence-electron chi connectivity index (χ3n) is 6.73. The molecule has 1 fully saturated rings.